The van der Waals surface area contributed by atoms with Crippen molar-refractivity contribution in [3.63, 3.8) is 0 Å². The van der Waals surface area contributed by atoms with Crippen molar-refractivity contribution < 1.29 is 14.6 Å². The lowest BCUT2D eigenvalue weighted by atomic mass is 10.2. The first-order chi connectivity index (χ1) is 11.2. The van der Waals surface area contributed by atoms with E-state index in [4.69, 9.17) is 9.84 Å². The lowest BCUT2D eigenvalue weighted by Gasteiger charge is -2.07. The van der Waals surface area contributed by atoms with Crippen LogP contribution in [0.5, 0.6) is 5.75 Å². The summed E-state index contributed by atoms with van der Waals surface area (Å²) in [7, 11) is 0. The molecule has 0 aliphatic rings. The Morgan fingerprint density at radius 3 is 2.65 bits per heavy atom. The van der Waals surface area contributed by atoms with Crippen LogP contribution in [-0.4, -0.2) is 16.1 Å². The third-order valence-electron chi connectivity index (χ3n) is 3.07. The van der Waals surface area contributed by atoms with Gasteiger partial charge in [-0.3, -0.25) is 0 Å². The van der Waals surface area contributed by atoms with Crippen molar-refractivity contribution in [3.05, 3.63) is 71.2 Å². The number of nitrogens with zero attached hydrogens (tertiary/aromatic N) is 1. The summed E-state index contributed by atoms with van der Waals surface area (Å²) < 4.78 is 5.58. The molecule has 1 heterocycles. The van der Waals surface area contributed by atoms with Crippen molar-refractivity contribution in [2.24, 2.45) is 0 Å². The van der Waals surface area contributed by atoms with E-state index in [2.05, 4.69) is 10.3 Å². The Labute approximate surface area is 137 Å². The molecule has 0 aliphatic heterocycles. The van der Waals surface area contributed by atoms with Crippen molar-refractivity contribution >= 4 is 28.1 Å². The molecule has 23 heavy (non-hydrogen) atoms. The number of hydrogen-bond donors (Lipinski definition) is 2. The fourth-order valence-corrected chi connectivity index (χ4v) is 2.71. The van der Waals surface area contributed by atoms with E-state index in [1.807, 2.05) is 35.7 Å². The van der Waals surface area contributed by atoms with Gasteiger partial charge in [0.25, 0.3) is 0 Å². The van der Waals surface area contributed by atoms with Crippen LogP contribution in [0.4, 0.5) is 10.8 Å². The van der Waals surface area contributed by atoms with Gasteiger partial charge < -0.3 is 15.2 Å². The normalized spacial score (nSPS) is 10.3. The summed E-state index contributed by atoms with van der Waals surface area (Å²) in [6.45, 7) is 0.220. The van der Waals surface area contributed by atoms with E-state index in [1.54, 1.807) is 18.2 Å². The molecular weight excluding hydrogens is 312 g/mol. The molecule has 0 saturated carbocycles. The number of aromatic carboxylic acids is 1. The zero-order chi connectivity index (χ0) is 16.1. The maximum absolute atomic E-state index is 11.1. The highest BCUT2D eigenvalue weighted by atomic mass is 32.1. The third kappa shape index (κ3) is 3.87. The molecule has 0 amide bonds. The minimum atomic E-state index is -1.01. The topological polar surface area (TPSA) is 71.5 Å². The summed E-state index contributed by atoms with van der Waals surface area (Å²) in [5.41, 5.74) is 1.85. The number of rotatable bonds is 6. The summed E-state index contributed by atoms with van der Waals surface area (Å²) in [4.78, 5) is 15.6. The zero-order valence-electron chi connectivity index (χ0n) is 12.1. The second-order valence-corrected chi connectivity index (χ2v) is 5.58. The van der Waals surface area contributed by atoms with Gasteiger partial charge in [0.05, 0.1) is 5.69 Å². The van der Waals surface area contributed by atoms with Crippen LogP contribution in [0, 0.1) is 0 Å². The number of thiazole rings is 1. The average Bonchev–Trinajstić information content (AvgIpc) is 3.01. The molecule has 2 N–H and O–H groups in total. The first-order valence-corrected chi connectivity index (χ1v) is 7.82. The van der Waals surface area contributed by atoms with Crippen molar-refractivity contribution in [2.45, 2.75) is 6.61 Å². The molecule has 3 rings (SSSR count). The molecule has 0 fully saturated rings. The number of carboxylic acid groups (broad SMARTS) is 1. The van der Waals surface area contributed by atoms with Gasteiger partial charge in [-0.15, -0.1) is 11.3 Å². The van der Waals surface area contributed by atoms with Gasteiger partial charge in [-0.05, 0) is 24.3 Å². The van der Waals surface area contributed by atoms with Crippen LogP contribution >= 0.6 is 11.3 Å². The van der Waals surface area contributed by atoms with Gasteiger partial charge in [0.1, 0.15) is 17.9 Å². The number of hydrogen-bond acceptors (Lipinski definition) is 5. The first-order valence-electron chi connectivity index (χ1n) is 6.94. The number of ether oxygens (including phenoxy) is 1. The Morgan fingerprint density at radius 1 is 1.13 bits per heavy atom. The van der Waals surface area contributed by atoms with Gasteiger partial charge in [0.2, 0.25) is 0 Å². The Kier molecular flexibility index (Phi) is 4.54. The van der Waals surface area contributed by atoms with E-state index in [9.17, 15) is 4.79 Å². The Hall–Kier alpha value is -2.86. The van der Waals surface area contributed by atoms with Crippen LogP contribution in [0.25, 0.3) is 0 Å². The highest BCUT2D eigenvalue weighted by Gasteiger charge is 2.11. The number of carbonyl (C=O) groups is 1. The number of benzene rings is 2. The van der Waals surface area contributed by atoms with Crippen molar-refractivity contribution in [2.75, 3.05) is 5.32 Å². The summed E-state index contributed by atoms with van der Waals surface area (Å²) in [5, 5.41) is 15.0. The molecule has 2 aromatic carbocycles. The van der Waals surface area contributed by atoms with Gasteiger partial charge in [0.15, 0.2) is 5.13 Å². The molecule has 3 aromatic rings. The lowest BCUT2D eigenvalue weighted by Crippen LogP contribution is -2.03. The second kappa shape index (κ2) is 6.93. The van der Waals surface area contributed by atoms with Gasteiger partial charge in [-0.25, -0.2) is 9.78 Å². The molecule has 0 atom stereocenters. The van der Waals surface area contributed by atoms with E-state index < -0.39 is 5.97 Å². The van der Waals surface area contributed by atoms with E-state index in [0.717, 1.165) is 16.5 Å². The Balaban J connectivity index is 1.65. The smallest absolute Gasteiger partial charge is 0.339 e. The molecule has 0 spiro atoms. The number of carboxylic acids is 1. The zero-order valence-corrected chi connectivity index (χ0v) is 12.9. The van der Waals surface area contributed by atoms with E-state index >= 15 is 0 Å². The standard InChI is InChI=1S/C17H14N2O3S/c20-16(21)14-8-4-5-9-15(14)22-10-13-11-23-17(19-13)18-12-6-2-1-3-7-12/h1-9,11H,10H2,(H,18,19)(H,20,21). The predicted octanol–water partition coefficient (Wildman–Crippen LogP) is 4.16. The lowest BCUT2D eigenvalue weighted by molar-refractivity contribution is 0.0691. The van der Waals surface area contributed by atoms with Gasteiger partial charge in [-0.2, -0.15) is 0 Å². The number of anilines is 2. The minimum Gasteiger partial charge on any atom is -0.486 e. The molecule has 116 valence electrons. The maximum atomic E-state index is 11.1. The largest absolute Gasteiger partial charge is 0.486 e. The predicted molar refractivity (Wildman–Crippen MR) is 89.6 cm³/mol. The van der Waals surface area contributed by atoms with Crippen molar-refractivity contribution in [3.8, 4) is 5.75 Å². The average molecular weight is 326 g/mol. The van der Waals surface area contributed by atoms with Gasteiger partial charge in [-0.1, -0.05) is 30.3 Å². The summed E-state index contributed by atoms with van der Waals surface area (Å²) in [5.74, 6) is -0.670. The maximum Gasteiger partial charge on any atom is 0.339 e. The molecule has 0 saturated heterocycles. The molecule has 6 heteroatoms. The van der Waals surface area contributed by atoms with Crippen LogP contribution in [0.1, 0.15) is 16.1 Å². The molecule has 5 nitrogen and oxygen atoms in total. The van der Waals surface area contributed by atoms with Crippen LogP contribution in [-0.2, 0) is 6.61 Å². The van der Waals surface area contributed by atoms with E-state index in [0.29, 0.717) is 5.75 Å². The first kappa shape index (κ1) is 15.1. The van der Waals surface area contributed by atoms with Crippen LogP contribution in [0.2, 0.25) is 0 Å². The highest BCUT2D eigenvalue weighted by Crippen LogP contribution is 2.23. The van der Waals surface area contributed by atoms with Gasteiger partial charge in [0, 0.05) is 11.1 Å². The Morgan fingerprint density at radius 2 is 1.87 bits per heavy atom. The Bertz CT molecular complexity index is 802. The number of para-hydroxylation sites is 2. The number of aromatic nitrogens is 1. The highest BCUT2D eigenvalue weighted by molar-refractivity contribution is 7.13. The molecule has 0 aliphatic carbocycles. The monoisotopic (exact) mass is 326 g/mol. The van der Waals surface area contributed by atoms with Crippen molar-refractivity contribution in [1.29, 1.82) is 0 Å². The van der Waals surface area contributed by atoms with Crippen LogP contribution < -0.4 is 10.1 Å². The van der Waals surface area contributed by atoms with Crippen LogP contribution in [0.3, 0.4) is 0 Å². The van der Waals surface area contributed by atoms with Gasteiger partial charge >= 0.3 is 5.97 Å². The fourth-order valence-electron chi connectivity index (χ4n) is 2.00. The molecule has 0 bridgehead atoms. The molecule has 0 unspecified atom stereocenters. The molecular formula is C17H14N2O3S. The van der Waals surface area contributed by atoms with E-state index in [-0.39, 0.29) is 12.2 Å². The third-order valence-corrected chi connectivity index (χ3v) is 3.88. The van der Waals surface area contributed by atoms with Crippen molar-refractivity contribution in [1.82, 2.24) is 4.98 Å². The molecule has 0 radical (unpaired) electrons. The number of nitrogens with one attached hydrogen (secondary N) is 1. The quantitative estimate of drug-likeness (QED) is 0.711. The summed E-state index contributed by atoms with van der Waals surface area (Å²) >= 11 is 1.47. The molecule has 1 aromatic heterocycles. The summed E-state index contributed by atoms with van der Waals surface area (Å²) in [6, 6.07) is 16.3. The fraction of sp³-hybridized carbons (Fsp3) is 0.0588. The minimum absolute atomic E-state index is 0.144. The SMILES string of the molecule is O=C(O)c1ccccc1OCc1csc(Nc2ccccc2)n1. The summed E-state index contributed by atoms with van der Waals surface area (Å²) in [6.07, 6.45) is 0. The van der Waals surface area contributed by atoms with E-state index in [1.165, 1.54) is 17.4 Å². The second-order valence-electron chi connectivity index (χ2n) is 4.73. The van der Waals surface area contributed by atoms with Crippen LogP contribution in [0.15, 0.2) is 60.0 Å².